The summed E-state index contributed by atoms with van der Waals surface area (Å²) in [5, 5.41) is 5.29. The van der Waals surface area contributed by atoms with E-state index in [-0.39, 0.29) is 0 Å². The third-order valence-electron chi connectivity index (χ3n) is 4.73. The van der Waals surface area contributed by atoms with E-state index in [1.165, 1.54) is 6.42 Å². The van der Waals surface area contributed by atoms with Gasteiger partial charge in [-0.05, 0) is 43.5 Å². The van der Waals surface area contributed by atoms with Crippen LogP contribution < -0.4 is 0 Å². The first-order valence-corrected chi connectivity index (χ1v) is 9.26. The Balaban J connectivity index is 1.66. The molecule has 1 saturated heterocycles. The number of amidine groups is 1. The second-order valence-electron chi connectivity index (χ2n) is 6.62. The molecule has 27 heavy (non-hydrogen) atoms. The molecule has 4 rings (SSSR count). The highest BCUT2D eigenvalue weighted by molar-refractivity contribution is 6.01. The number of fused-ring (bicyclic) bond motifs is 1. The van der Waals surface area contributed by atoms with Crippen LogP contribution in [-0.2, 0) is 4.84 Å². The summed E-state index contributed by atoms with van der Waals surface area (Å²) in [5.74, 6) is 0.205. The van der Waals surface area contributed by atoms with Crippen LogP contribution in [0, 0.1) is 0 Å². The molecule has 0 spiro atoms. The van der Waals surface area contributed by atoms with Crippen molar-refractivity contribution in [2.45, 2.75) is 19.3 Å². The summed E-state index contributed by atoms with van der Waals surface area (Å²) in [4.78, 5) is 24.3. The summed E-state index contributed by atoms with van der Waals surface area (Å²) in [6, 6.07) is 18.9. The minimum Gasteiger partial charge on any atom is -0.353 e. The number of hydrogen-bond acceptors (Lipinski definition) is 4. The Labute approximate surface area is 158 Å². The number of likely N-dealkylation sites (tertiary alicyclic amines) is 1. The topological polar surface area (TPSA) is 54.8 Å². The molecule has 5 heteroatoms. The highest BCUT2D eigenvalue weighted by Crippen LogP contribution is 2.18. The van der Waals surface area contributed by atoms with Crippen molar-refractivity contribution in [3.05, 3.63) is 78.0 Å². The normalized spacial score (nSPS) is 15.0. The summed E-state index contributed by atoms with van der Waals surface area (Å²) in [6.07, 6.45) is 5.22. The minimum absolute atomic E-state index is 0.459. The van der Waals surface area contributed by atoms with Gasteiger partial charge in [0.05, 0.1) is 11.1 Å². The lowest BCUT2D eigenvalue weighted by atomic mass is 10.1. The van der Waals surface area contributed by atoms with E-state index in [0.717, 1.165) is 42.4 Å². The second kappa shape index (κ2) is 7.99. The first-order valence-electron chi connectivity index (χ1n) is 9.26. The number of para-hydroxylation sites is 1. The van der Waals surface area contributed by atoms with Gasteiger partial charge in [0.15, 0.2) is 5.84 Å². The van der Waals surface area contributed by atoms with Gasteiger partial charge in [-0.15, -0.1) is 0 Å². The average molecular weight is 359 g/mol. The monoisotopic (exact) mass is 359 g/mol. The first-order chi connectivity index (χ1) is 13.3. The molecule has 5 nitrogen and oxygen atoms in total. The number of benzene rings is 2. The van der Waals surface area contributed by atoms with E-state index in [9.17, 15) is 4.79 Å². The van der Waals surface area contributed by atoms with Crippen LogP contribution in [0.3, 0.4) is 0 Å². The zero-order chi connectivity index (χ0) is 18.5. The Kier molecular flexibility index (Phi) is 5.10. The van der Waals surface area contributed by atoms with Gasteiger partial charge in [-0.1, -0.05) is 41.6 Å². The van der Waals surface area contributed by atoms with Gasteiger partial charge in [0, 0.05) is 30.2 Å². The molecule has 2 aromatic carbocycles. The molecule has 1 aliphatic heterocycles. The average Bonchev–Trinajstić information content (AvgIpc) is 2.75. The molecule has 0 radical (unpaired) electrons. The van der Waals surface area contributed by atoms with Crippen molar-refractivity contribution in [2.75, 3.05) is 13.1 Å². The molecule has 3 aromatic rings. The standard InChI is InChI=1S/C22H21N3O2/c26-22(17-9-3-1-4-10-17)27-24-21(25-13-7-2-8-14-25)19-15-18-11-5-6-12-20(18)23-16-19/h1,3-6,9-12,15-16H,2,7-8,13-14H2. The largest absolute Gasteiger partial charge is 0.365 e. The van der Waals surface area contributed by atoms with Gasteiger partial charge in [-0.2, -0.15) is 0 Å². The van der Waals surface area contributed by atoms with Crippen LogP contribution in [-0.4, -0.2) is 34.8 Å². The molecular formula is C22H21N3O2. The highest BCUT2D eigenvalue weighted by atomic mass is 16.7. The van der Waals surface area contributed by atoms with Gasteiger partial charge in [-0.3, -0.25) is 4.98 Å². The van der Waals surface area contributed by atoms with E-state index in [2.05, 4.69) is 15.0 Å². The number of pyridine rings is 1. The van der Waals surface area contributed by atoms with Crippen LogP contribution in [0.5, 0.6) is 0 Å². The molecule has 0 bridgehead atoms. The fourth-order valence-electron chi connectivity index (χ4n) is 3.30. The molecule has 0 unspecified atom stereocenters. The van der Waals surface area contributed by atoms with Crippen LogP contribution >= 0.6 is 0 Å². The van der Waals surface area contributed by atoms with Crippen molar-refractivity contribution in [2.24, 2.45) is 5.16 Å². The maximum absolute atomic E-state index is 12.3. The zero-order valence-electron chi connectivity index (χ0n) is 15.0. The summed E-state index contributed by atoms with van der Waals surface area (Å²) in [6.45, 7) is 1.79. The molecule has 0 atom stereocenters. The summed E-state index contributed by atoms with van der Waals surface area (Å²) < 4.78 is 0. The predicted octanol–water partition coefficient (Wildman–Crippen LogP) is 4.24. The molecule has 0 saturated carbocycles. The van der Waals surface area contributed by atoms with Crippen LogP contribution in [0.25, 0.3) is 10.9 Å². The first kappa shape index (κ1) is 17.2. The Hall–Kier alpha value is -3.21. The third-order valence-corrected chi connectivity index (χ3v) is 4.73. The highest BCUT2D eigenvalue weighted by Gasteiger charge is 2.19. The molecule has 0 amide bonds. The van der Waals surface area contributed by atoms with Crippen LogP contribution in [0.4, 0.5) is 0 Å². The van der Waals surface area contributed by atoms with Crippen molar-refractivity contribution < 1.29 is 9.63 Å². The molecule has 136 valence electrons. The lowest BCUT2D eigenvalue weighted by molar-refractivity contribution is 0.0509. The van der Waals surface area contributed by atoms with Gasteiger partial charge < -0.3 is 9.74 Å². The van der Waals surface area contributed by atoms with Crippen molar-refractivity contribution >= 4 is 22.7 Å². The Morgan fingerprint density at radius 3 is 2.48 bits per heavy atom. The van der Waals surface area contributed by atoms with Crippen molar-refractivity contribution in [1.82, 2.24) is 9.88 Å². The van der Waals surface area contributed by atoms with Crippen LogP contribution in [0.1, 0.15) is 35.2 Å². The molecule has 0 aliphatic carbocycles. The van der Waals surface area contributed by atoms with Gasteiger partial charge in [0.1, 0.15) is 0 Å². The number of aromatic nitrogens is 1. The smallest absolute Gasteiger partial charge is 0.353 e. The predicted molar refractivity (Wildman–Crippen MR) is 106 cm³/mol. The van der Waals surface area contributed by atoms with Gasteiger partial charge in [0.25, 0.3) is 0 Å². The number of hydrogen-bond donors (Lipinski definition) is 0. The third kappa shape index (κ3) is 3.97. The Morgan fingerprint density at radius 1 is 0.926 bits per heavy atom. The zero-order valence-corrected chi connectivity index (χ0v) is 15.0. The van der Waals surface area contributed by atoms with Crippen molar-refractivity contribution in [1.29, 1.82) is 0 Å². The van der Waals surface area contributed by atoms with E-state index in [0.29, 0.717) is 11.4 Å². The molecule has 0 N–H and O–H groups in total. The maximum atomic E-state index is 12.3. The second-order valence-corrected chi connectivity index (χ2v) is 6.62. The minimum atomic E-state index is -0.459. The SMILES string of the molecule is O=C(ON=C(c1cnc2ccccc2c1)N1CCCCC1)c1ccccc1. The van der Waals surface area contributed by atoms with Crippen molar-refractivity contribution in [3.8, 4) is 0 Å². The van der Waals surface area contributed by atoms with Crippen LogP contribution in [0.2, 0.25) is 0 Å². The molecule has 2 heterocycles. The lowest BCUT2D eigenvalue weighted by Gasteiger charge is -2.29. The van der Waals surface area contributed by atoms with E-state index in [1.807, 2.05) is 36.4 Å². The van der Waals surface area contributed by atoms with E-state index in [4.69, 9.17) is 4.84 Å². The number of carbonyl (C=O) groups excluding carboxylic acids is 1. The number of piperidine rings is 1. The number of carbonyl (C=O) groups is 1. The number of oxime groups is 1. The fraction of sp³-hybridized carbons (Fsp3) is 0.227. The Morgan fingerprint density at radius 2 is 1.67 bits per heavy atom. The quantitative estimate of drug-likeness (QED) is 0.304. The van der Waals surface area contributed by atoms with E-state index in [1.54, 1.807) is 30.5 Å². The van der Waals surface area contributed by atoms with Crippen molar-refractivity contribution in [3.63, 3.8) is 0 Å². The summed E-state index contributed by atoms with van der Waals surface area (Å²) in [5.41, 5.74) is 2.27. The van der Waals surface area contributed by atoms with Gasteiger partial charge in [-0.25, -0.2) is 4.79 Å². The fourth-order valence-corrected chi connectivity index (χ4v) is 3.30. The molecule has 1 aromatic heterocycles. The van der Waals surface area contributed by atoms with E-state index < -0.39 is 5.97 Å². The van der Waals surface area contributed by atoms with Gasteiger partial charge in [0.2, 0.25) is 0 Å². The maximum Gasteiger partial charge on any atom is 0.365 e. The van der Waals surface area contributed by atoms with E-state index >= 15 is 0 Å². The summed E-state index contributed by atoms with van der Waals surface area (Å²) >= 11 is 0. The molecule has 1 aliphatic rings. The number of rotatable bonds is 3. The van der Waals surface area contributed by atoms with Crippen LogP contribution in [0.15, 0.2) is 72.0 Å². The summed E-state index contributed by atoms with van der Waals surface area (Å²) in [7, 11) is 0. The van der Waals surface area contributed by atoms with Gasteiger partial charge >= 0.3 is 5.97 Å². The Bertz CT molecular complexity index is 963. The number of nitrogens with zero attached hydrogens (tertiary/aromatic N) is 3. The molecule has 1 fully saturated rings. The molecular weight excluding hydrogens is 338 g/mol. The lowest BCUT2D eigenvalue weighted by Crippen LogP contribution is -2.36.